The summed E-state index contributed by atoms with van der Waals surface area (Å²) in [4.78, 5) is 15.3. The van der Waals surface area contributed by atoms with Crippen LogP contribution < -0.4 is 0 Å². The summed E-state index contributed by atoms with van der Waals surface area (Å²) in [6.45, 7) is 4.65. The van der Waals surface area contributed by atoms with Gasteiger partial charge in [0.05, 0.1) is 5.56 Å². The summed E-state index contributed by atoms with van der Waals surface area (Å²) in [7, 11) is 0. The Hall–Kier alpha value is -6.59. The fraction of sp³-hybridized carbons (Fsp3) is 0.0652. The molecule has 1 aliphatic rings. The van der Waals surface area contributed by atoms with E-state index < -0.39 is 0 Å². The smallest absolute Gasteiger partial charge is 0.167 e. The van der Waals surface area contributed by atoms with Crippen molar-refractivity contribution in [3.63, 3.8) is 0 Å². The lowest BCUT2D eigenvalue weighted by Gasteiger charge is -2.23. The Morgan fingerprint density at radius 1 is 0.451 bits per heavy atom. The summed E-state index contributed by atoms with van der Waals surface area (Å²) in [6, 6.07) is 48.1. The topological polar surface area (TPSA) is 65.0 Å². The number of rotatable bonds is 3. The Bertz CT molecular complexity index is 3060. The van der Waals surface area contributed by atoms with E-state index in [1.165, 1.54) is 33.0 Å². The summed E-state index contributed by atoms with van der Waals surface area (Å²) >= 11 is 0. The normalized spacial score (nSPS) is 13.5. The molecule has 11 rings (SSSR count). The molecule has 7 aromatic carbocycles. The SMILES string of the molecule is CC1(C)c2cc(-c3nc(-c4ccccc4)nc(-c4cccc5c4oc4ccccc45)n3)ccc2-c2c1c1c3ccccc3oc1c1ccccc21. The van der Waals surface area contributed by atoms with E-state index in [0.717, 1.165) is 60.6 Å². The van der Waals surface area contributed by atoms with Crippen molar-refractivity contribution < 1.29 is 8.83 Å². The minimum absolute atomic E-state index is 0.326. The second-order valence-electron chi connectivity index (χ2n) is 13.9. The number of hydrogen-bond donors (Lipinski definition) is 0. The number of aromatic nitrogens is 3. The molecule has 0 aliphatic heterocycles. The van der Waals surface area contributed by atoms with Gasteiger partial charge in [-0.1, -0.05) is 129 Å². The lowest BCUT2D eigenvalue weighted by molar-refractivity contribution is 0.659. The maximum absolute atomic E-state index is 6.60. The van der Waals surface area contributed by atoms with Crippen molar-refractivity contribution in [2.24, 2.45) is 0 Å². The van der Waals surface area contributed by atoms with Gasteiger partial charge in [-0.2, -0.15) is 0 Å². The first-order valence-electron chi connectivity index (χ1n) is 17.3. The van der Waals surface area contributed by atoms with Gasteiger partial charge in [0.2, 0.25) is 0 Å². The van der Waals surface area contributed by atoms with E-state index in [-0.39, 0.29) is 5.41 Å². The van der Waals surface area contributed by atoms with Crippen molar-refractivity contribution in [2.45, 2.75) is 19.3 Å². The van der Waals surface area contributed by atoms with Crippen LogP contribution in [-0.2, 0) is 5.41 Å². The molecule has 51 heavy (non-hydrogen) atoms. The molecular formula is C46H29N3O2. The highest BCUT2D eigenvalue weighted by Gasteiger charge is 2.40. The molecule has 0 N–H and O–H groups in total. The number of benzene rings is 7. The highest BCUT2D eigenvalue weighted by Crippen LogP contribution is 2.56. The average Bonchev–Trinajstić information content (AvgIpc) is 3.83. The summed E-state index contributed by atoms with van der Waals surface area (Å²) < 4.78 is 13.0. The molecular weight excluding hydrogens is 627 g/mol. The molecule has 0 amide bonds. The molecule has 10 aromatic rings. The van der Waals surface area contributed by atoms with Crippen molar-refractivity contribution in [2.75, 3.05) is 0 Å². The van der Waals surface area contributed by atoms with E-state index in [9.17, 15) is 0 Å². The lowest BCUT2D eigenvalue weighted by atomic mass is 9.79. The van der Waals surface area contributed by atoms with Gasteiger partial charge < -0.3 is 8.83 Å². The minimum Gasteiger partial charge on any atom is -0.455 e. The first kappa shape index (κ1) is 28.3. The van der Waals surface area contributed by atoms with E-state index in [2.05, 4.69) is 86.6 Å². The van der Waals surface area contributed by atoms with Crippen molar-refractivity contribution in [1.29, 1.82) is 0 Å². The third kappa shape index (κ3) is 3.94. The number of hydrogen-bond acceptors (Lipinski definition) is 5. The summed E-state index contributed by atoms with van der Waals surface area (Å²) in [6.07, 6.45) is 0. The summed E-state index contributed by atoms with van der Waals surface area (Å²) in [5.74, 6) is 1.80. The fourth-order valence-corrected chi connectivity index (χ4v) is 8.37. The molecule has 3 heterocycles. The maximum Gasteiger partial charge on any atom is 0.167 e. The molecule has 0 bridgehead atoms. The van der Waals surface area contributed by atoms with Crippen LogP contribution in [0.3, 0.4) is 0 Å². The van der Waals surface area contributed by atoms with Gasteiger partial charge in [-0.05, 0) is 51.9 Å². The van der Waals surface area contributed by atoms with Crippen LogP contribution in [0.4, 0.5) is 0 Å². The number of furan rings is 2. The molecule has 5 heteroatoms. The largest absolute Gasteiger partial charge is 0.455 e. The Balaban J connectivity index is 1.16. The standard InChI is InChI=1S/C46H29N3O2/c1-46(2)35-25-27(23-24-32(35)38-29-16-6-7-17-31(29)42-39(40(38)46)33-18-9-11-22-37(33)51-42)44-47-43(26-13-4-3-5-14-26)48-45(49-44)34-20-12-19-30-28-15-8-10-21-36(28)50-41(30)34/h3-25H,1-2H3. The molecule has 0 fully saturated rings. The van der Waals surface area contributed by atoms with Crippen LogP contribution in [0.5, 0.6) is 0 Å². The third-order valence-corrected chi connectivity index (χ3v) is 10.7. The van der Waals surface area contributed by atoms with Gasteiger partial charge in [-0.15, -0.1) is 0 Å². The molecule has 0 atom stereocenters. The average molecular weight is 656 g/mol. The van der Waals surface area contributed by atoms with E-state index in [1.54, 1.807) is 0 Å². The third-order valence-electron chi connectivity index (χ3n) is 10.7. The van der Waals surface area contributed by atoms with Gasteiger partial charge >= 0.3 is 0 Å². The Morgan fingerprint density at radius 3 is 1.84 bits per heavy atom. The fourth-order valence-electron chi connectivity index (χ4n) is 8.37. The van der Waals surface area contributed by atoms with Crippen LogP contribution in [0.15, 0.2) is 148 Å². The molecule has 240 valence electrons. The zero-order chi connectivity index (χ0) is 33.8. The molecule has 0 saturated carbocycles. The zero-order valence-electron chi connectivity index (χ0n) is 27.9. The zero-order valence-corrected chi connectivity index (χ0v) is 27.9. The van der Waals surface area contributed by atoms with Crippen molar-refractivity contribution >= 4 is 54.6 Å². The van der Waals surface area contributed by atoms with Crippen molar-refractivity contribution in [3.8, 4) is 45.3 Å². The predicted molar refractivity (Wildman–Crippen MR) is 206 cm³/mol. The van der Waals surface area contributed by atoms with Crippen LogP contribution in [0, 0.1) is 0 Å². The maximum atomic E-state index is 6.60. The Kier molecular flexibility index (Phi) is 5.66. The lowest BCUT2D eigenvalue weighted by Crippen LogP contribution is -2.15. The van der Waals surface area contributed by atoms with Crippen LogP contribution >= 0.6 is 0 Å². The van der Waals surface area contributed by atoms with Gasteiger partial charge in [-0.3, -0.25) is 0 Å². The van der Waals surface area contributed by atoms with Gasteiger partial charge in [0.25, 0.3) is 0 Å². The molecule has 1 aliphatic carbocycles. The number of para-hydroxylation sites is 3. The van der Waals surface area contributed by atoms with Gasteiger partial charge in [0, 0.05) is 43.5 Å². The summed E-state index contributed by atoms with van der Waals surface area (Å²) in [5, 5.41) is 6.77. The number of fused-ring (bicyclic) bond motifs is 13. The quantitative estimate of drug-likeness (QED) is 0.189. The van der Waals surface area contributed by atoms with Crippen molar-refractivity contribution in [3.05, 3.63) is 151 Å². The second kappa shape index (κ2) is 10.2. The number of nitrogens with zero attached hydrogens (tertiary/aromatic N) is 3. The monoisotopic (exact) mass is 655 g/mol. The molecule has 5 nitrogen and oxygen atoms in total. The van der Waals surface area contributed by atoms with Gasteiger partial charge in [0.1, 0.15) is 22.3 Å². The Labute approximate surface area is 292 Å². The van der Waals surface area contributed by atoms with E-state index in [1.807, 2.05) is 66.7 Å². The first-order chi connectivity index (χ1) is 25.0. The van der Waals surface area contributed by atoms with E-state index in [0.29, 0.717) is 17.5 Å². The highest BCUT2D eigenvalue weighted by molar-refractivity contribution is 6.23. The molecule has 0 spiro atoms. The van der Waals surface area contributed by atoms with E-state index in [4.69, 9.17) is 23.8 Å². The molecule has 0 unspecified atom stereocenters. The van der Waals surface area contributed by atoms with Gasteiger partial charge in [0.15, 0.2) is 17.5 Å². The predicted octanol–water partition coefficient (Wildman–Crippen LogP) is 12.1. The van der Waals surface area contributed by atoms with Crippen LogP contribution in [0.2, 0.25) is 0 Å². The van der Waals surface area contributed by atoms with Crippen molar-refractivity contribution in [1.82, 2.24) is 15.0 Å². The van der Waals surface area contributed by atoms with Crippen LogP contribution in [-0.4, -0.2) is 15.0 Å². The highest BCUT2D eigenvalue weighted by atomic mass is 16.3. The van der Waals surface area contributed by atoms with Crippen LogP contribution in [0.1, 0.15) is 25.0 Å². The summed E-state index contributed by atoms with van der Waals surface area (Å²) in [5.41, 5.74) is 10.9. The van der Waals surface area contributed by atoms with E-state index >= 15 is 0 Å². The first-order valence-corrected chi connectivity index (χ1v) is 17.3. The van der Waals surface area contributed by atoms with Crippen LogP contribution in [0.25, 0.3) is 99.9 Å². The minimum atomic E-state index is -0.326. The molecule has 0 saturated heterocycles. The van der Waals surface area contributed by atoms with Gasteiger partial charge in [-0.25, -0.2) is 15.0 Å². The molecule has 3 aromatic heterocycles. The second-order valence-corrected chi connectivity index (χ2v) is 13.9. The Morgan fingerprint density at radius 2 is 1.04 bits per heavy atom. The molecule has 0 radical (unpaired) electrons.